The SMILES string of the molecule is CCCCN(CC=C(C)c1ccc(-c2ccc(Cl)cc2)cc1)CCCC. The summed E-state index contributed by atoms with van der Waals surface area (Å²) in [4.78, 5) is 2.58. The first-order valence-electron chi connectivity index (χ1n) is 9.89. The number of hydrogen-bond donors (Lipinski definition) is 0. The summed E-state index contributed by atoms with van der Waals surface area (Å²) >= 11 is 5.98. The molecular formula is C24H32ClN. The zero-order chi connectivity index (χ0) is 18.8. The standard InChI is InChI=1S/C24H32ClN/c1-4-6-17-26(18-7-5-2)19-16-20(3)21-8-10-22(11-9-21)23-12-14-24(25)15-13-23/h8-16H,4-7,17-19H2,1-3H3. The van der Waals surface area contributed by atoms with E-state index in [9.17, 15) is 0 Å². The number of halogens is 1. The van der Waals surface area contributed by atoms with Crippen LogP contribution >= 0.6 is 11.6 Å². The zero-order valence-electron chi connectivity index (χ0n) is 16.5. The van der Waals surface area contributed by atoms with Crippen LogP contribution in [0.5, 0.6) is 0 Å². The Labute approximate surface area is 164 Å². The van der Waals surface area contributed by atoms with Crippen molar-refractivity contribution in [3.05, 3.63) is 65.2 Å². The van der Waals surface area contributed by atoms with Gasteiger partial charge in [-0.3, -0.25) is 4.90 Å². The van der Waals surface area contributed by atoms with Crippen LogP contribution in [-0.2, 0) is 0 Å². The van der Waals surface area contributed by atoms with Crippen molar-refractivity contribution in [2.75, 3.05) is 19.6 Å². The van der Waals surface area contributed by atoms with Crippen LogP contribution in [-0.4, -0.2) is 24.5 Å². The van der Waals surface area contributed by atoms with E-state index in [0.29, 0.717) is 0 Å². The Kier molecular flexibility index (Phi) is 8.94. The van der Waals surface area contributed by atoms with Crippen molar-refractivity contribution in [3.8, 4) is 11.1 Å². The number of rotatable bonds is 10. The maximum absolute atomic E-state index is 5.98. The second-order valence-corrected chi connectivity index (χ2v) is 7.42. The summed E-state index contributed by atoms with van der Waals surface area (Å²) in [6.45, 7) is 10.2. The molecule has 2 heteroatoms. The highest BCUT2D eigenvalue weighted by Crippen LogP contribution is 2.24. The van der Waals surface area contributed by atoms with Gasteiger partial charge in [0.25, 0.3) is 0 Å². The van der Waals surface area contributed by atoms with Crippen LogP contribution in [0.15, 0.2) is 54.6 Å². The zero-order valence-corrected chi connectivity index (χ0v) is 17.2. The molecule has 0 aliphatic carbocycles. The van der Waals surface area contributed by atoms with Crippen molar-refractivity contribution in [1.29, 1.82) is 0 Å². The molecule has 0 unspecified atom stereocenters. The molecule has 2 rings (SSSR count). The Bertz CT molecular complexity index is 662. The van der Waals surface area contributed by atoms with Crippen molar-refractivity contribution >= 4 is 17.2 Å². The number of unbranched alkanes of at least 4 members (excludes halogenated alkanes) is 2. The molecule has 0 N–H and O–H groups in total. The van der Waals surface area contributed by atoms with E-state index in [4.69, 9.17) is 11.6 Å². The smallest absolute Gasteiger partial charge is 0.0406 e. The molecule has 0 amide bonds. The lowest BCUT2D eigenvalue weighted by Gasteiger charge is -2.20. The van der Waals surface area contributed by atoms with Gasteiger partial charge in [-0.05, 0) is 67.3 Å². The first-order valence-corrected chi connectivity index (χ1v) is 10.3. The number of allylic oxidation sites excluding steroid dienone is 1. The van der Waals surface area contributed by atoms with E-state index < -0.39 is 0 Å². The molecule has 0 radical (unpaired) electrons. The molecule has 2 aromatic rings. The van der Waals surface area contributed by atoms with E-state index in [1.54, 1.807) is 0 Å². The normalized spacial score (nSPS) is 12.0. The molecule has 140 valence electrons. The average molecular weight is 370 g/mol. The predicted molar refractivity (Wildman–Crippen MR) is 117 cm³/mol. The summed E-state index contributed by atoms with van der Waals surface area (Å²) in [6, 6.07) is 16.9. The quantitative estimate of drug-likeness (QED) is 0.424. The van der Waals surface area contributed by atoms with Gasteiger partial charge in [-0.15, -0.1) is 0 Å². The lowest BCUT2D eigenvalue weighted by atomic mass is 10.0. The maximum atomic E-state index is 5.98. The lowest BCUT2D eigenvalue weighted by molar-refractivity contribution is 0.292. The van der Waals surface area contributed by atoms with Crippen molar-refractivity contribution < 1.29 is 0 Å². The van der Waals surface area contributed by atoms with Crippen molar-refractivity contribution in [3.63, 3.8) is 0 Å². The third-order valence-corrected chi connectivity index (χ3v) is 5.08. The largest absolute Gasteiger partial charge is 0.300 e. The average Bonchev–Trinajstić information content (AvgIpc) is 2.68. The molecule has 0 saturated carbocycles. The van der Waals surface area contributed by atoms with Gasteiger partial charge in [-0.1, -0.05) is 80.8 Å². The minimum Gasteiger partial charge on any atom is -0.300 e. The molecule has 0 saturated heterocycles. The van der Waals surface area contributed by atoms with Crippen LogP contribution in [0.4, 0.5) is 0 Å². The van der Waals surface area contributed by atoms with Gasteiger partial charge in [0.1, 0.15) is 0 Å². The minimum absolute atomic E-state index is 0.778. The molecule has 0 spiro atoms. The van der Waals surface area contributed by atoms with Crippen molar-refractivity contribution in [1.82, 2.24) is 4.90 Å². The Balaban J connectivity index is 2.01. The maximum Gasteiger partial charge on any atom is 0.0406 e. The lowest BCUT2D eigenvalue weighted by Crippen LogP contribution is -2.26. The fraction of sp³-hybridized carbons (Fsp3) is 0.417. The van der Waals surface area contributed by atoms with E-state index in [1.165, 1.54) is 61.0 Å². The second kappa shape index (κ2) is 11.2. The second-order valence-electron chi connectivity index (χ2n) is 6.98. The molecule has 1 nitrogen and oxygen atoms in total. The molecule has 2 aromatic carbocycles. The van der Waals surface area contributed by atoms with Gasteiger partial charge in [0.05, 0.1) is 0 Å². The molecule has 0 aliphatic rings. The van der Waals surface area contributed by atoms with Crippen LogP contribution in [0.1, 0.15) is 52.0 Å². The minimum atomic E-state index is 0.778. The highest BCUT2D eigenvalue weighted by atomic mass is 35.5. The highest BCUT2D eigenvalue weighted by molar-refractivity contribution is 6.30. The molecule has 0 atom stereocenters. The molecule has 26 heavy (non-hydrogen) atoms. The van der Waals surface area contributed by atoms with E-state index in [1.807, 2.05) is 12.1 Å². The van der Waals surface area contributed by atoms with Crippen LogP contribution < -0.4 is 0 Å². The highest BCUT2D eigenvalue weighted by Gasteiger charge is 2.04. The van der Waals surface area contributed by atoms with Crippen molar-refractivity contribution in [2.24, 2.45) is 0 Å². The first kappa shape index (κ1) is 20.7. The summed E-state index contributed by atoms with van der Waals surface area (Å²) < 4.78 is 0. The van der Waals surface area contributed by atoms with Crippen LogP contribution in [0.2, 0.25) is 5.02 Å². The summed E-state index contributed by atoms with van der Waals surface area (Å²) in [5.74, 6) is 0. The monoisotopic (exact) mass is 369 g/mol. The molecule has 0 heterocycles. The fourth-order valence-corrected chi connectivity index (χ4v) is 3.14. The van der Waals surface area contributed by atoms with E-state index in [0.717, 1.165) is 11.6 Å². The molecule has 0 aromatic heterocycles. The summed E-state index contributed by atoms with van der Waals surface area (Å²) in [5, 5.41) is 0.778. The number of benzene rings is 2. The van der Waals surface area contributed by atoms with Crippen molar-refractivity contribution in [2.45, 2.75) is 46.5 Å². The third-order valence-electron chi connectivity index (χ3n) is 4.83. The van der Waals surface area contributed by atoms with Gasteiger partial charge in [-0.25, -0.2) is 0 Å². The van der Waals surface area contributed by atoms with Crippen LogP contribution in [0, 0.1) is 0 Å². The predicted octanol–water partition coefficient (Wildman–Crippen LogP) is 7.31. The van der Waals surface area contributed by atoms with Gasteiger partial charge < -0.3 is 0 Å². The molecule has 0 fully saturated rings. The molecule has 0 aliphatic heterocycles. The van der Waals surface area contributed by atoms with Crippen LogP contribution in [0.3, 0.4) is 0 Å². The first-order chi connectivity index (χ1) is 12.6. The van der Waals surface area contributed by atoms with E-state index in [2.05, 4.69) is 68.1 Å². The molecule has 0 bridgehead atoms. The van der Waals surface area contributed by atoms with Crippen LogP contribution in [0.25, 0.3) is 16.7 Å². The Morgan fingerprint density at radius 3 is 1.85 bits per heavy atom. The molecular weight excluding hydrogens is 338 g/mol. The fourth-order valence-electron chi connectivity index (χ4n) is 3.01. The number of nitrogens with zero attached hydrogens (tertiary/aromatic N) is 1. The third kappa shape index (κ3) is 6.63. The summed E-state index contributed by atoms with van der Waals surface area (Å²) in [7, 11) is 0. The van der Waals surface area contributed by atoms with E-state index >= 15 is 0 Å². The Morgan fingerprint density at radius 1 is 0.846 bits per heavy atom. The van der Waals surface area contributed by atoms with Gasteiger partial charge in [0, 0.05) is 11.6 Å². The van der Waals surface area contributed by atoms with Gasteiger partial charge in [0.15, 0.2) is 0 Å². The van der Waals surface area contributed by atoms with Gasteiger partial charge >= 0.3 is 0 Å². The number of hydrogen-bond acceptors (Lipinski definition) is 1. The summed E-state index contributed by atoms with van der Waals surface area (Å²) in [6.07, 6.45) is 7.47. The summed E-state index contributed by atoms with van der Waals surface area (Å²) in [5.41, 5.74) is 5.08. The Morgan fingerprint density at radius 2 is 1.35 bits per heavy atom. The van der Waals surface area contributed by atoms with Gasteiger partial charge in [0.2, 0.25) is 0 Å². The topological polar surface area (TPSA) is 3.24 Å². The Hall–Kier alpha value is -1.57. The van der Waals surface area contributed by atoms with E-state index in [-0.39, 0.29) is 0 Å². The van der Waals surface area contributed by atoms with Gasteiger partial charge in [-0.2, -0.15) is 0 Å².